The van der Waals surface area contributed by atoms with Gasteiger partial charge < -0.3 is 19.5 Å². The summed E-state index contributed by atoms with van der Waals surface area (Å²) >= 11 is 0. The van der Waals surface area contributed by atoms with E-state index in [1.807, 2.05) is 0 Å². The van der Waals surface area contributed by atoms with Crippen LogP contribution in [0.3, 0.4) is 0 Å². The van der Waals surface area contributed by atoms with Crippen molar-refractivity contribution in [3.63, 3.8) is 0 Å². The molecule has 2 aromatic rings. The van der Waals surface area contributed by atoms with Crippen LogP contribution in [0.5, 0.6) is 11.5 Å². The molecule has 0 aliphatic carbocycles. The minimum absolute atomic E-state index is 0.104. The first-order valence-electron chi connectivity index (χ1n) is 8.31. The summed E-state index contributed by atoms with van der Waals surface area (Å²) in [6.07, 6.45) is 0. The van der Waals surface area contributed by atoms with E-state index in [0.29, 0.717) is 22.7 Å². The second-order valence-corrected chi connectivity index (χ2v) is 6.08. The van der Waals surface area contributed by atoms with Gasteiger partial charge in [0.1, 0.15) is 17.1 Å². The van der Waals surface area contributed by atoms with Crippen molar-refractivity contribution in [1.82, 2.24) is 0 Å². The van der Waals surface area contributed by atoms with Crippen LogP contribution in [-0.4, -0.2) is 38.5 Å². The molecule has 0 radical (unpaired) electrons. The highest BCUT2D eigenvalue weighted by Gasteiger charge is 2.27. The fraction of sp³-hybridized carbons (Fsp3) is 0.250. The lowest BCUT2D eigenvalue weighted by atomic mass is 9.99. The number of ether oxygens (including phenoxy) is 3. The number of esters is 1. The van der Waals surface area contributed by atoms with Crippen LogP contribution in [0.1, 0.15) is 39.1 Å². The van der Waals surface area contributed by atoms with Gasteiger partial charge in [0.2, 0.25) is 5.91 Å². The average Bonchev–Trinajstić information content (AvgIpc) is 2.98. The lowest BCUT2D eigenvalue weighted by Crippen LogP contribution is -2.15. The second kappa shape index (κ2) is 7.49. The normalized spacial score (nSPS) is 14.9. The van der Waals surface area contributed by atoms with Crippen molar-refractivity contribution in [1.29, 1.82) is 0 Å². The second-order valence-electron chi connectivity index (χ2n) is 6.08. The van der Waals surface area contributed by atoms with Gasteiger partial charge in [-0.05, 0) is 42.8 Å². The van der Waals surface area contributed by atoms with Crippen LogP contribution in [-0.2, 0) is 9.53 Å². The predicted molar refractivity (Wildman–Crippen MR) is 97.6 cm³/mol. The van der Waals surface area contributed by atoms with E-state index in [1.54, 1.807) is 37.3 Å². The Morgan fingerprint density at radius 3 is 2.56 bits per heavy atom. The predicted octanol–water partition coefficient (Wildman–Crippen LogP) is 2.80. The first-order chi connectivity index (χ1) is 12.9. The summed E-state index contributed by atoms with van der Waals surface area (Å²) in [6, 6.07) is 9.61. The number of carbonyl (C=O) groups excluding carboxylic acids is 3. The van der Waals surface area contributed by atoms with E-state index in [4.69, 9.17) is 14.2 Å². The molecule has 1 N–H and O–H groups in total. The van der Waals surface area contributed by atoms with Crippen LogP contribution < -0.4 is 14.8 Å². The SMILES string of the molecule is COc1ccc(C(=O)OCC(=O)c2ccc3c(c2)[C@H](C)C(=O)N3)c(OC)c1. The van der Waals surface area contributed by atoms with Crippen molar-refractivity contribution in [3.05, 3.63) is 53.1 Å². The first kappa shape index (κ1) is 18.4. The number of ketones is 1. The molecule has 27 heavy (non-hydrogen) atoms. The summed E-state index contributed by atoms with van der Waals surface area (Å²) in [4.78, 5) is 36.4. The van der Waals surface area contributed by atoms with Gasteiger partial charge in [0.15, 0.2) is 12.4 Å². The molecule has 0 bridgehead atoms. The zero-order chi connectivity index (χ0) is 19.6. The topological polar surface area (TPSA) is 90.9 Å². The van der Waals surface area contributed by atoms with Crippen LogP contribution in [0.2, 0.25) is 0 Å². The van der Waals surface area contributed by atoms with E-state index in [-0.39, 0.29) is 23.2 Å². The Kier molecular flexibility index (Phi) is 5.12. The van der Waals surface area contributed by atoms with Crippen molar-refractivity contribution in [2.75, 3.05) is 26.1 Å². The zero-order valence-corrected chi connectivity index (χ0v) is 15.2. The molecule has 7 heteroatoms. The third-order valence-electron chi connectivity index (χ3n) is 4.45. The van der Waals surface area contributed by atoms with E-state index in [2.05, 4.69) is 5.32 Å². The molecule has 0 saturated carbocycles. The fourth-order valence-electron chi connectivity index (χ4n) is 2.85. The highest BCUT2D eigenvalue weighted by Crippen LogP contribution is 2.32. The maximum Gasteiger partial charge on any atom is 0.342 e. The Hall–Kier alpha value is -3.35. The molecular weight excluding hydrogens is 350 g/mol. The van der Waals surface area contributed by atoms with Gasteiger partial charge in [-0.15, -0.1) is 0 Å². The van der Waals surface area contributed by atoms with Crippen LogP contribution in [0.4, 0.5) is 5.69 Å². The summed E-state index contributed by atoms with van der Waals surface area (Å²) in [7, 11) is 2.93. The van der Waals surface area contributed by atoms with Crippen molar-refractivity contribution in [2.24, 2.45) is 0 Å². The smallest absolute Gasteiger partial charge is 0.342 e. The molecule has 1 heterocycles. The molecule has 0 fully saturated rings. The molecule has 0 unspecified atom stereocenters. The molecule has 3 rings (SSSR count). The Morgan fingerprint density at radius 2 is 1.85 bits per heavy atom. The highest BCUT2D eigenvalue weighted by atomic mass is 16.5. The molecule has 1 aliphatic rings. The van der Waals surface area contributed by atoms with Crippen molar-refractivity contribution < 1.29 is 28.6 Å². The Labute approximate surface area is 156 Å². The number of benzene rings is 2. The number of amides is 1. The van der Waals surface area contributed by atoms with E-state index in [1.165, 1.54) is 20.3 Å². The van der Waals surface area contributed by atoms with Gasteiger partial charge in [-0.25, -0.2) is 4.79 Å². The summed E-state index contributed by atoms with van der Waals surface area (Å²) in [6.45, 7) is 1.36. The summed E-state index contributed by atoms with van der Waals surface area (Å²) in [5, 5.41) is 2.75. The number of hydrogen-bond acceptors (Lipinski definition) is 6. The van der Waals surface area contributed by atoms with Crippen LogP contribution in [0, 0.1) is 0 Å². The minimum atomic E-state index is -0.672. The van der Waals surface area contributed by atoms with Gasteiger partial charge in [-0.2, -0.15) is 0 Å². The molecule has 0 aromatic heterocycles. The van der Waals surface area contributed by atoms with E-state index >= 15 is 0 Å². The number of carbonyl (C=O) groups is 3. The molecular formula is C20H19NO6. The Morgan fingerprint density at radius 1 is 1.07 bits per heavy atom. The van der Waals surface area contributed by atoms with Crippen molar-refractivity contribution in [3.8, 4) is 11.5 Å². The lowest BCUT2D eigenvalue weighted by Gasteiger charge is -2.10. The van der Waals surface area contributed by atoms with Gasteiger partial charge in [0.25, 0.3) is 0 Å². The highest BCUT2D eigenvalue weighted by molar-refractivity contribution is 6.05. The maximum atomic E-state index is 12.4. The van der Waals surface area contributed by atoms with Crippen LogP contribution >= 0.6 is 0 Å². The lowest BCUT2D eigenvalue weighted by molar-refractivity contribution is -0.116. The number of anilines is 1. The quantitative estimate of drug-likeness (QED) is 0.622. The maximum absolute atomic E-state index is 12.4. The van der Waals surface area contributed by atoms with Gasteiger partial charge in [-0.3, -0.25) is 9.59 Å². The third-order valence-corrected chi connectivity index (χ3v) is 4.45. The first-order valence-corrected chi connectivity index (χ1v) is 8.31. The number of hydrogen-bond donors (Lipinski definition) is 1. The fourth-order valence-corrected chi connectivity index (χ4v) is 2.85. The molecule has 2 aromatic carbocycles. The van der Waals surface area contributed by atoms with Crippen molar-refractivity contribution >= 4 is 23.3 Å². The Bertz CT molecular complexity index is 921. The van der Waals surface area contributed by atoms with Gasteiger partial charge in [-0.1, -0.05) is 0 Å². The van der Waals surface area contributed by atoms with Gasteiger partial charge in [0, 0.05) is 17.3 Å². The van der Waals surface area contributed by atoms with E-state index < -0.39 is 12.6 Å². The van der Waals surface area contributed by atoms with Crippen LogP contribution in [0.15, 0.2) is 36.4 Å². The average molecular weight is 369 g/mol. The van der Waals surface area contributed by atoms with Gasteiger partial charge in [0.05, 0.1) is 20.1 Å². The summed E-state index contributed by atoms with van der Waals surface area (Å²) in [5.41, 5.74) is 2.04. The number of rotatable bonds is 6. The van der Waals surface area contributed by atoms with Crippen molar-refractivity contribution in [2.45, 2.75) is 12.8 Å². The number of methoxy groups -OCH3 is 2. The molecule has 1 atom stereocenters. The standard InChI is InChI=1S/C20H19NO6/c1-11-15-8-12(4-7-16(15)21-19(11)23)17(22)10-27-20(24)14-6-5-13(25-2)9-18(14)26-3/h4-9,11H,10H2,1-3H3,(H,21,23)/t11-/m0/s1. The Balaban J connectivity index is 1.70. The third kappa shape index (κ3) is 3.62. The molecule has 1 amide bonds. The number of nitrogens with one attached hydrogen (secondary N) is 1. The molecule has 1 aliphatic heterocycles. The van der Waals surface area contributed by atoms with Crippen LogP contribution in [0.25, 0.3) is 0 Å². The monoisotopic (exact) mass is 369 g/mol. The van der Waals surface area contributed by atoms with E-state index in [9.17, 15) is 14.4 Å². The molecule has 140 valence electrons. The minimum Gasteiger partial charge on any atom is -0.497 e. The summed E-state index contributed by atoms with van der Waals surface area (Å²) < 4.78 is 15.4. The molecule has 0 spiro atoms. The zero-order valence-electron chi connectivity index (χ0n) is 15.2. The van der Waals surface area contributed by atoms with E-state index in [0.717, 1.165) is 5.56 Å². The largest absolute Gasteiger partial charge is 0.497 e. The molecule has 0 saturated heterocycles. The number of fused-ring (bicyclic) bond motifs is 1. The number of Topliss-reactive ketones (excluding diaryl/α,β-unsaturated/α-hetero) is 1. The van der Waals surface area contributed by atoms with Gasteiger partial charge >= 0.3 is 5.97 Å². The summed E-state index contributed by atoms with van der Waals surface area (Å²) in [5.74, 6) is -0.622. The molecule has 7 nitrogen and oxygen atoms in total.